The Morgan fingerprint density at radius 1 is 1.10 bits per heavy atom. The van der Waals surface area contributed by atoms with Gasteiger partial charge in [-0.25, -0.2) is 0 Å². The van der Waals surface area contributed by atoms with Gasteiger partial charge in [0, 0.05) is 6.61 Å². The van der Waals surface area contributed by atoms with Crippen molar-refractivity contribution in [2.24, 2.45) is 0 Å². The second-order valence-electron chi connectivity index (χ2n) is 2.67. The summed E-state index contributed by atoms with van der Waals surface area (Å²) in [4.78, 5) is 0. The quantitative estimate of drug-likeness (QED) is 0.409. The van der Waals surface area contributed by atoms with Crippen molar-refractivity contribution in [2.75, 3.05) is 6.61 Å². The average molecular weight is 160 g/mol. The number of unbranched alkanes of at least 4 members (excludes halogenated alkanes) is 2. The van der Waals surface area contributed by atoms with Crippen LogP contribution < -0.4 is 0 Å². The Bertz CT molecular complexity index is 49.2. The van der Waals surface area contributed by atoms with Gasteiger partial charge in [0.25, 0.3) is 0 Å². The minimum absolute atomic E-state index is 0.120. The van der Waals surface area contributed by atoms with Crippen LogP contribution in [-0.4, -0.2) is 16.4 Å². The molecule has 0 atom stereocenters. The van der Waals surface area contributed by atoms with Crippen molar-refractivity contribution in [3.8, 4) is 0 Å². The first kappa shape index (κ1) is 10.2. The number of rotatable bonds is 7. The summed E-state index contributed by atoms with van der Waals surface area (Å²) in [6, 6.07) is 1.38. The van der Waals surface area contributed by atoms with Crippen LogP contribution in [0, 0.1) is 0 Å². The molecule has 0 bridgehead atoms. The molecule has 0 unspecified atom stereocenters. The largest absolute Gasteiger partial charge is 0.424 e. The molecule has 0 amide bonds. The summed E-state index contributed by atoms with van der Waals surface area (Å²) < 4.78 is 5.52. The fraction of sp³-hybridized carbons (Fsp3) is 1.00. The van der Waals surface area contributed by atoms with Gasteiger partial charge < -0.3 is 4.43 Å². The molecule has 0 spiro atoms. The van der Waals surface area contributed by atoms with Crippen molar-refractivity contribution in [1.82, 2.24) is 0 Å². The second kappa shape index (κ2) is 9.18. The van der Waals surface area contributed by atoms with Gasteiger partial charge in [0.15, 0.2) is 9.76 Å². The SMILES string of the molecule is CCCCO[SiH2]CCCC. The average Bonchev–Trinajstić information content (AvgIpc) is 1.97. The minimum Gasteiger partial charge on any atom is -0.424 e. The lowest BCUT2D eigenvalue weighted by atomic mass is 10.4. The van der Waals surface area contributed by atoms with E-state index in [9.17, 15) is 0 Å². The highest BCUT2D eigenvalue weighted by Gasteiger charge is 1.87. The molecule has 0 fully saturated rings. The van der Waals surface area contributed by atoms with Gasteiger partial charge in [0.2, 0.25) is 0 Å². The van der Waals surface area contributed by atoms with E-state index in [0.29, 0.717) is 0 Å². The first-order valence-electron chi connectivity index (χ1n) is 4.49. The minimum atomic E-state index is -0.120. The van der Waals surface area contributed by atoms with Crippen LogP contribution in [-0.2, 0) is 4.43 Å². The van der Waals surface area contributed by atoms with Crippen molar-refractivity contribution in [2.45, 2.75) is 45.6 Å². The fourth-order valence-electron chi connectivity index (χ4n) is 0.803. The fourth-order valence-corrected chi connectivity index (χ4v) is 2.12. The molecule has 0 aromatic carbocycles. The summed E-state index contributed by atoms with van der Waals surface area (Å²) in [6.07, 6.45) is 5.21. The molecule has 0 saturated carbocycles. The van der Waals surface area contributed by atoms with Crippen LogP contribution in [0.3, 0.4) is 0 Å². The molecule has 0 aromatic rings. The third-order valence-corrected chi connectivity index (χ3v) is 2.90. The Morgan fingerprint density at radius 2 is 1.80 bits per heavy atom. The van der Waals surface area contributed by atoms with Crippen molar-refractivity contribution in [1.29, 1.82) is 0 Å². The molecule has 2 heteroatoms. The number of hydrogen-bond acceptors (Lipinski definition) is 1. The summed E-state index contributed by atoms with van der Waals surface area (Å²) in [6.45, 7) is 5.46. The number of hydrogen-bond donors (Lipinski definition) is 0. The zero-order chi connectivity index (χ0) is 7.66. The predicted octanol–water partition coefficient (Wildman–Crippen LogP) is 2.11. The van der Waals surface area contributed by atoms with Crippen LogP contribution in [0.4, 0.5) is 0 Å². The van der Waals surface area contributed by atoms with E-state index in [1.165, 1.54) is 31.7 Å². The summed E-state index contributed by atoms with van der Waals surface area (Å²) in [5.74, 6) is 0. The summed E-state index contributed by atoms with van der Waals surface area (Å²) in [5.41, 5.74) is 0. The molecular formula is C8H20OSi. The topological polar surface area (TPSA) is 9.23 Å². The van der Waals surface area contributed by atoms with E-state index in [0.717, 1.165) is 6.61 Å². The third kappa shape index (κ3) is 8.18. The Balaban J connectivity index is 2.65. The molecule has 0 heterocycles. The van der Waals surface area contributed by atoms with Crippen molar-refractivity contribution < 1.29 is 4.43 Å². The smallest absolute Gasteiger partial charge is 0.161 e. The highest BCUT2D eigenvalue weighted by molar-refractivity contribution is 6.26. The van der Waals surface area contributed by atoms with Gasteiger partial charge in [-0.05, 0) is 12.5 Å². The molecule has 0 saturated heterocycles. The van der Waals surface area contributed by atoms with E-state index >= 15 is 0 Å². The van der Waals surface area contributed by atoms with Crippen molar-refractivity contribution >= 4 is 9.76 Å². The van der Waals surface area contributed by atoms with Crippen LogP contribution >= 0.6 is 0 Å². The molecule has 0 aliphatic carbocycles. The van der Waals surface area contributed by atoms with Crippen LogP contribution in [0.5, 0.6) is 0 Å². The zero-order valence-electron chi connectivity index (χ0n) is 7.36. The molecule has 0 aromatic heterocycles. The molecule has 62 valence electrons. The lowest BCUT2D eigenvalue weighted by Crippen LogP contribution is -1.99. The Morgan fingerprint density at radius 3 is 2.40 bits per heavy atom. The Kier molecular flexibility index (Phi) is 9.34. The Hall–Kier alpha value is 0.177. The molecule has 0 aliphatic rings. The summed E-state index contributed by atoms with van der Waals surface area (Å²) in [7, 11) is -0.120. The highest BCUT2D eigenvalue weighted by Crippen LogP contribution is 1.94. The highest BCUT2D eigenvalue weighted by atomic mass is 28.2. The first-order valence-corrected chi connectivity index (χ1v) is 6.07. The van der Waals surface area contributed by atoms with E-state index in [1.54, 1.807) is 0 Å². The lowest BCUT2D eigenvalue weighted by molar-refractivity contribution is 0.325. The van der Waals surface area contributed by atoms with E-state index < -0.39 is 0 Å². The van der Waals surface area contributed by atoms with E-state index in [2.05, 4.69) is 13.8 Å². The van der Waals surface area contributed by atoms with Crippen LogP contribution in [0.15, 0.2) is 0 Å². The monoisotopic (exact) mass is 160 g/mol. The molecule has 0 N–H and O–H groups in total. The van der Waals surface area contributed by atoms with Gasteiger partial charge in [0.1, 0.15) is 0 Å². The van der Waals surface area contributed by atoms with Gasteiger partial charge in [0.05, 0.1) is 0 Å². The third-order valence-electron chi connectivity index (χ3n) is 1.53. The van der Waals surface area contributed by atoms with E-state index in [1.807, 2.05) is 0 Å². The molecular weight excluding hydrogens is 140 g/mol. The van der Waals surface area contributed by atoms with Gasteiger partial charge in [-0.1, -0.05) is 33.1 Å². The molecule has 1 nitrogen and oxygen atoms in total. The molecule has 10 heavy (non-hydrogen) atoms. The lowest BCUT2D eigenvalue weighted by Gasteiger charge is -2.00. The van der Waals surface area contributed by atoms with E-state index in [4.69, 9.17) is 4.43 Å². The predicted molar refractivity (Wildman–Crippen MR) is 49.1 cm³/mol. The van der Waals surface area contributed by atoms with Crippen LogP contribution in [0.2, 0.25) is 6.04 Å². The summed E-state index contributed by atoms with van der Waals surface area (Å²) in [5, 5.41) is 0. The second-order valence-corrected chi connectivity index (χ2v) is 4.20. The first-order chi connectivity index (χ1) is 4.91. The van der Waals surface area contributed by atoms with Gasteiger partial charge in [-0.3, -0.25) is 0 Å². The normalized spacial score (nSPS) is 11.4. The van der Waals surface area contributed by atoms with Crippen LogP contribution in [0.1, 0.15) is 39.5 Å². The van der Waals surface area contributed by atoms with Crippen molar-refractivity contribution in [3.63, 3.8) is 0 Å². The standard InChI is InChI=1S/C8H20OSi/c1-3-5-7-9-10-8-6-4-2/h3-8,10H2,1-2H3. The molecule has 0 aliphatic heterocycles. The maximum absolute atomic E-state index is 5.52. The maximum atomic E-state index is 5.52. The van der Waals surface area contributed by atoms with Gasteiger partial charge in [-0.2, -0.15) is 0 Å². The van der Waals surface area contributed by atoms with Crippen LogP contribution in [0.25, 0.3) is 0 Å². The van der Waals surface area contributed by atoms with E-state index in [-0.39, 0.29) is 9.76 Å². The van der Waals surface area contributed by atoms with Gasteiger partial charge >= 0.3 is 0 Å². The molecule has 0 radical (unpaired) electrons. The Labute approximate surface area is 67.1 Å². The summed E-state index contributed by atoms with van der Waals surface area (Å²) >= 11 is 0. The van der Waals surface area contributed by atoms with Crippen molar-refractivity contribution in [3.05, 3.63) is 0 Å². The van der Waals surface area contributed by atoms with Gasteiger partial charge in [-0.15, -0.1) is 0 Å². The maximum Gasteiger partial charge on any atom is 0.161 e. The zero-order valence-corrected chi connectivity index (χ0v) is 8.77. The molecule has 0 rings (SSSR count).